The van der Waals surface area contributed by atoms with E-state index >= 15 is 0 Å². The molecule has 0 aromatic heterocycles. The molecule has 0 radical (unpaired) electrons. The normalized spacial score (nSPS) is 19.9. The Morgan fingerprint density at radius 2 is 2.11 bits per heavy atom. The van der Waals surface area contributed by atoms with Gasteiger partial charge in [-0.15, -0.1) is 0 Å². The summed E-state index contributed by atoms with van der Waals surface area (Å²) < 4.78 is 5.26. The van der Waals surface area contributed by atoms with Crippen molar-refractivity contribution in [1.82, 2.24) is 10.2 Å². The van der Waals surface area contributed by atoms with Crippen LogP contribution in [0.1, 0.15) is 18.5 Å². The van der Waals surface area contributed by atoms with E-state index < -0.39 is 0 Å². The highest BCUT2D eigenvalue weighted by molar-refractivity contribution is 5.30. The molecule has 0 spiro atoms. The molecule has 1 aliphatic rings. The van der Waals surface area contributed by atoms with Gasteiger partial charge in [-0.1, -0.05) is 19.1 Å². The Balaban J connectivity index is 1.95. The largest absolute Gasteiger partial charge is 0.497 e. The zero-order valence-electron chi connectivity index (χ0n) is 11.9. The van der Waals surface area contributed by atoms with Crippen molar-refractivity contribution in [2.45, 2.75) is 13.0 Å². The number of methoxy groups -OCH3 is 1. The molecule has 2 unspecified atom stereocenters. The first kappa shape index (κ1) is 14.3. The number of hydrogen-bond acceptors (Lipinski definition) is 4. The van der Waals surface area contributed by atoms with Gasteiger partial charge in [0.15, 0.2) is 0 Å². The van der Waals surface area contributed by atoms with Crippen molar-refractivity contribution in [2.24, 2.45) is 11.7 Å². The molecule has 19 heavy (non-hydrogen) atoms. The number of nitrogens with one attached hydrogen (secondary N) is 1. The van der Waals surface area contributed by atoms with E-state index in [2.05, 4.69) is 23.2 Å². The maximum Gasteiger partial charge on any atom is 0.119 e. The summed E-state index contributed by atoms with van der Waals surface area (Å²) in [6, 6.07) is 8.15. The number of ether oxygens (including phenoxy) is 1. The monoisotopic (exact) mass is 263 g/mol. The van der Waals surface area contributed by atoms with E-state index in [1.807, 2.05) is 18.2 Å². The molecular weight excluding hydrogens is 238 g/mol. The quantitative estimate of drug-likeness (QED) is 0.839. The van der Waals surface area contributed by atoms with Crippen LogP contribution in [0, 0.1) is 5.92 Å². The molecule has 0 aliphatic carbocycles. The Morgan fingerprint density at radius 3 is 2.79 bits per heavy atom. The van der Waals surface area contributed by atoms with Crippen LogP contribution in [0.3, 0.4) is 0 Å². The number of nitrogens with two attached hydrogens (primary N) is 1. The van der Waals surface area contributed by atoms with Gasteiger partial charge in [-0.05, 0) is 23.6 Å². The topological polar surface area (TPSA) is 50.5 Å². The third kappa shape index (κ3) is 3.93. The number of benzene rings is 1. The van der Waals surface area contributed by atoms with Crippen LogP contribution in [0.4, 0.5) is 0 Å². The lowest BCUT2D eigenvalue weighted by molar-refractivity contribution is 0.199. The molecule has 4 nitrogen and oxygen atoms in total. The molecule has 1 aromatic carbocycles. The second kappa shape index (κ2) is 6.89. The molecule has 106 valence electrons. The maximum atomic E-state index is 6.38. The standard InChI is InChI=1S/C15H25N3O/c1-12(11-18-8-6-17-7-9-18)15(16)13-4-3-5-14(10-13)19-2/h3-5,10,12,15,17H,6-9,11,16H2,1-2H3. The molecule has 4 heteroatoms. The Labute approximate surface area is 115 Å². The minimum absolute atomic E-state index is 0.0602. The Morgan fingerprint density at radius 1 is 1.37 bits per heavy atom. The fraction of sp³-hybridized carbons (Fsp3) is 0.600. The van der Waals surface area contributed by atoms with Gasteiger partial charge in [0, 0.05) is 38.8 Å². The van der Waals surface area contributed by atoms with Crippen molar-refractivity contribution in [2.75, 3.05) is 39.8 Å². The summed E-state index contributed by atoms with van der Waals surface area (Å²) in [6.45, 7) is 7.69. The summed E-state index contributed by atoms with van der Waals surface area (Å²) in [5, 5.41) is 3.37. The van der Waals surface area contributed by atoms with Gasteiger partial charge in [0.2, 0.25) is 0 Å². The maximum absolute atomic E-state index is 6.38. The molecular formula is C15H25N3O. The van der Waals surface area contributed by atoms with Crippen LogP contribution < -0.4 is 15.8 Å². The molecule has 1 heterocycles. The van der Waals surface area contributed by atoms with Crippen LogP contribution in [-0.2, 0) is 0 Å². The molecule has 3 N–H and O–H groups in total. The first-order valence-corrected chi connectivity index (χ1v) is 7.03. The van der Waals surface area contributed by atoms with Gasteiger partial charge in [-0.25, -0.2) is 0 Å². The fourth-order valence-electron chi connectivity index (χ4n) is 2.59. The second-order valence-corrected chi connectivity index (χ2v) is 5.33. The second-order valence-electron chi connectivity index (χ2n) is 5.33. The molecule has 2 atom stereocenters. The third-order valence-corrected chi connectivity index (χ3v) is 3.85. The summed E-state index contributed by atoms with van der Waals surface area (Å²) in [5.41, 5.74) is 7.54. The molecule has 1 fully saturated rings. The Hall–Kier alpha value is -1.10. The highest BCUT2D eigenvalue weighted by Gasteiger charge is 2.19. The summed E-state index contributed by atoms with van der Waals surface area (Å²) in [7, 11) is 1.69. The summed E-state index contributed by atoms with van der Waals surface area (Å²) in [6.07, 6.45) is 0. The van der Waals surface area contributed by atoms with Crippen molar-refractivity contribution in [3.05, 3.63) is 29.8 Å². The first-order valence-electron chi connectivity index (χ1n) is 7.03. The van der Waals surface area contributed by atoms with E-state index in [1.54, 1.807) is 7.11 Å². The van der Waals surface area contributed by atoms with Crippen molar-refractivity contribution >= 4 is 0 Å². The van der Waals surface area contributed by atoms with Gasteiger partial charge in [-0.2, -0.15) is 0 Å². The molecule has 1 aliphatic heterocycles. The number of rotatable bonds is 5. The van der Waals surface area contributed by atoms with Crippen molar-refractivity contribution in [1.29, 1.82) is 0 Å². The van der Waals surface area contributed by atoms with Crippen LogP contribution in [0.5, 0.6) is 5.75 Å². The lowest BCUT2D eigenvalue weighted by Gasteiger charge is -2.31. The van der Waals surface area contributed by atoms with Crippen molar-refractivity contribution in [3.63, 3.8) is 0 Å². The molecule has 1 saturated heterocycles. The lowest BCUT2D eigenvalue weighted by atomic mass is 9.94. The van der Waals surface area contributed by atoms with Crippen LogP contribution >= 0.6 is 0 Å². The van der Waals surface area contributed by atoms with E-state index in [0.717, 1.165) is 44.0 Å². The Bertz CT molecular complexity index is 391. The van der Waals surface area contributed by atoms with E-state index in [9.17, 15) is 0 Å². The van der Waals surface area contributed by atoms with Gasteiger partial charge in [0.1, 0.15) is 5.75 Å². The van der Waals surface area contributed by atoms with E-state index in [0.29, 0.717) is 5.92 Å². The predicted octanol–water partition coefficient (Wildman–Crippen LogP) is 1.24. The SMILES string of the molecule is COc1cccc(C(N)C(C)CN2CCNCC2)c1. The van der Waals surface area contributed by atoms with E-state index in [-0.39, 0.29) is 6.04 Å². The third-order valence-electron chi connectivity index (χ3n) is 3.85. The molecule has 0 amide bonds. The smallest absolute Gasteiger partial charge is 0.119 e. The van der Waals surface area contributed by atoms with E-state index in [4.69, 9.17) is 10.5 Å². The summed E-state index contributed by atoms with van der Waals surface area (Å²) >= 11 is 0. The van der Waals surface area contributed by atoms with Gasteiger partial charge >= 0.3 is 0 Å². The van der Waals surface area contributed by atoms with Crippen molar-refractivity contribution in [3.8, 4) is 5.75 Å². The molecule has 1 aromatic rings. The average Bonchev–Trinajstić information content (AvgIpc) is 2.47. The minimum Gasteiger partial charge on any atom is -0.497 e. The van der Waals surface area contributed by atoms with Crippen LogP contribution in [-0.4, -0.2) is 44.7 Å². The van der Waals surface area contributed by atoms with Crippen LogP contribution in [0.25, 0.3) is 0 Å². The van der Waals surface area contributed by atoms with Crippen LogP contribution in [0.2, 0.25) is 0 Å². The zero-order valence-corrected chi connectivity index (χ0v) is 11.9. The molecule has 2 rings (SSSR count). The molecule has 0 saturated carbocycles. The zero-order chi connectivity index (χ0) is 13.7. The number of nitrogens with zero attached hydrogens (tertiary/aromatic N) is 1. The highest BCUT2D eigenvalue weighted by atomic mass is 16.5. The van der Waals surface area contributed by atoms with Gasteiger partial charge in [0.25, 0.3) is 0 Å². The summed E-state index contributed by atoms with van der Waals surface area (Å²) in [5.74, 6) is 1.31. The number of piperazine rings is 1. The average molecular weight is 263 g/mol. The van der Waals surface area contributed by atoms with Gasteiger partial charge in [-0.3, -0.25) is 0 Å². The van der Waals surface area contributed by atoms with Crippen LogP contribution in [0.15, 0.2) is 24.3 Å². The lowest BCUT2D eigenvalue weighted by Crippen LogP contribution is -2.46. The predicted molar refractivity (Wildman–Crippen MR) is 78.4 cm³/mol. The first-order chi connectivity index (χ1) is 9.20. The van der Waals surface area contributed by atoms with Crippen molar-refractivity contribution < 1.29 is 4.74 Å². The van der Waals surface area contributed by atoms with Gasteiger partial charge < -0.3 is 20.7 Å². The highest BCUT2D eigenvalue weighted by Crippen LogP contribution is 2.23. The number of hydrogen-bond donors (Lipinski definition) is 2. The van der Waals surface area contributed by atoms with Gasteiger partial charge in [0.05, 0.1) is 7.11 Å². The fourth-order valence-corrected chi connectivity index (χ4v) is 2.59. The minimum atomic E-state index is 0.0602. The summed E-state index contributed by atoms with van der Waals surface area (Å²) in [4.78, 5) is 2.49. The Kier molecular flexibility index (Phi) is 5.19. The molecule has 0 bridgehead atoms. The van der Waals surface area contributed by atoms with E-state index in [1.165, 1.54) is 0 Å².